The fourth-order valence-electron chi connectivity index (χ4n) is 2.61. The van der Waals surface area contributed by atoms with Crippen molar-refractivity contribution in [1.29, 1.82) is 0 Å². The van der Waals surface area contributed by atoms with E-state index in [4.69, 9.17) is 4.74 Å². The summed E-state index contributed by atoms with van der Waals surface area (Å²) in [6.45, 7) is 2.39. The average molecular weight is 369 g/mol. The number of amides is 1. The number of halogens is 1. The van der Waals surface area contributed by atoms with E-state index in [1.165, 1.54) is 18.5 Å². The van der Waals surface area contributed by atoms with Crippen molar-refractivity contribution in [1.82, 2.24) is 9.55 Å². The van der Waals surface area contributed by atoms with Gasteiger partial charge in [0.2, 0.25) is 5.91 Å². The third-order valence-corrected chi connectivity index (χ3v) is 4.02. The molecule has 0 unspecified atom stereocenters. The largest absolute Gasteiger partial charge is 0.491 e. The van der Waals surface area contributed by atoms with Gasteiger partial charge in [-0.3, -0.25) is 14.2 Å². The maximum atomic E-state index is 13.4. The van der Waals surface area contributed by atoms with E-state index in [0.29, 0.717) is 23.6 Å². The van der Waals surface area contributed by atoms with Crippen LogP contribution >= 0.6 is 0 Å². The molecule has 140 valence electrons. The molecule has 1 amide bonds. The van der Waals surface area contributed by atoms with E-state index in [1.54, 1.807) is 18.2 Å². The lowest BCUT2D eigenvalue weighted by molar-refractivity contribution is -0.116. The van der Waals surface area contributed by atoms with Gasteiger partial charge in [0.1, 0.15) is 18.1 Å². The zero-order valence-electron chi connectivity index (χ0n) is 14.9. The molecule has 2 aromatic carbocycles. The summed E-state index contributed by atoms with van der Waals surface area (Å²) in [6, 6.07) is 10.9. The van der Waals surface area contributed by atoms with E-state index < -0.39 is 17.3 Å². The highest BCUT2D eigenvalue weighted by atomic mass is 19.1. The topological polar surface area (TPSA) is 73.2 Å². The van der Waals surface area contributed by atoms with E-state index in [1.807, 2.05) is 6.07 Å². The molecular formula is C20H20FN3O3. The highest BCUT2D eigenvalue weighted by Gasteiger charge is 2.11. The Hall–Kier alpha value is -3.22. The number of nitrogens with zero attached hydrogens (tertiary/aromatic N) is 2. The second kappa shape index (κ2) is 8.44. The van der Waals surface area contributed by atoms with Crippen LogP contribution in [0.2, 0.25) is 0 Å². The van der Waals surface area contributed by atoms with Gasteiger partial charge in [0.05, 0.1) is 29.5 Å². The Balaban J connectivity index is 1.76. The molecule has 0 saturated heterocycles. The molecule has 1 heterocycles. The Bertz CT molecular complexity index is 1020. The number of para-hydroxylation sites is 2. The van der Waals surface area contributed by atoms with E-state index in [-0.39, 0.29) is 11.9 Å². The second-order valence-electron chi connectivity index (χ2n) is 6.09. The fourth-order valence-corrected chi connectivity index (χ4v) is 2.61. The Morgan fingerprint density at radius 3 is 2.89 bits per heavy atom. The van der Waals surface area contributed by atoms with Crippen LogP contribution in [0, 0.1) is 5.82 Å². The Morgan fingerprint density at radius 2 is 2.07 bits per heavy atom. The lowest BCUT2D eigenvalue weighted by Gasteiger charge is -2.13. The SMILES string of the molecule is CCCCOc1ccccc1NC(=O)Cn1cnc2ccc(F)cc2c1=O. The number of nitrogens with one attached hydrogen (secondary N) is 1. The molecule has 0 aliphatic heterocycles. The van der Waals surface area contributed by atoms with Gasteiger partial charge < -0.3 is 10.1 Å². The van der Waals surface area contributed by atoms with Crippen molar-refractivity contribution in [3.05, 3.63) is 65.0 Å². The Morgan fingerprint density at radius 1 is 1.26 bits per heavy atom. The standard InChI is InChI=1S/C20H20FN3O3/c1-2-3-10-27-18-7-5-4-6-17(18)23-19(25)12-24-13-22-16-9-8-14(21)11-15(16)20(24)26/h4-9,11,13H,2-3,10,12H2,1H3,(H,23,25). The Labute approximate surface area is 155 Å². The van der Waals surface area contributed by atoms with Crippen LogP contribution in [0.5, 0.6) is 5.75 Å². The van der Waals surface area contributed by atoms with Gasteiger partial charge in [-0.2, -0.15) is 0 Å². The van der Waals surface area contributed by atoms with E-state index in [0.717, 1.165) is 23.5 Å². The van der Waals surface area contributed by atoms with Gasteiger partial charge in [0.15, 0.2) is 0 Å². The van der Waals surface area contributed by atoms with Crippen molar-refractivity contribution in [3.63, 3.8) is 0 Å². The first-order valence-electron chi connectivity index (χ1n) is 8.75. The molecular weight excluding hydrogens is 349 g/mol. The third kappa shape index (κ3) is 4.49. The smallest absolute Gasteiger partial charge is 0.261 e. The second-order valence-corrected chi connectivity index (χ2v) is 6.09. The maximum absolute atomic E-state index is 13.4. The van der Waals surface area contributed by atoms with E-state index in [9.17, 15) is 14.0 Å². The predicted molar refractivity (Wildman–Crippen MR) is 101 cm³/mol. The van der Waals surface area contributed by atoms with Crippen molar-refractivity contribution in [2.75, 3.05) is 11.9 Å². The van der Waals surface area contributed by atoms with Gasteiger partial charge in [-0.25, -0.2) is 9.37 Å². The van der Waals surface area contributed by atoms with Crippen molar-refractivity contribution in [3.8, 4) is 5.75 Å². The van der Waals surface area contributed by atoms with Gasteiger partial charge in [-0.1, -0.05) is 25.5 Å². The summed E-state index contributed by atoms with van der Waals surface area (Å²) in [6.07, 6.45) is 3.20. The van der Waals surface area contributed by atoms with Gasteiger partial charge in [0.25, 0.3) is 5.56 Å². The van der Waals surface area contributed by atoms with Crippen molar-refractivity contribution in [2.45, 2.75) is 26.3 Å². The minimum atomic E-state index is -0.526. The molecule has 0 radical (unpaired) electrons. The molecule has 0 atom stereocenters. The van der Waals surface area contributed by atoms with Crippen molar-refractivity contribution < 1.29 is 13.9 Å². The normalized spacial score (nSPS) is 10.7. The van der Waals surface area contributed by atoms with Crippen LogP contribution in [0.1, 0.15) is 19.8 Å². The van der Waals surface area contributed by atoms with Crippen LogP contribution in [-0.2, 0) is 11.3 Å². The highest BCUT2D eigenvalue weighted by Crippen LogP contribution is 2.24. The summed E-state index contributed by atoms with van der Waals surface area (Å²) in [5.74, 6) is -0.353. The summed E-state index contributed by atoms with van der Waals surface area (Å²) in [5, 5.41) is 2.88. The highest BCUT2D eigenvalue weighted by molar-refractivity contribution is 5.92. The summed E-state index contributed by atoms with van der Waals surface area (Å²) < 4.78 is 20.2. The summed E-state index contributed by atoms with van der Waals surface area (Å²) >= 11 is 0. The molecule has 6 nitrogen and oxygen atoms in total. The average Bonchev–Trinajstić information content (AvgIpc) is 2.66. The first-order chi connectivity index (χ1) is 13.1. The van der Waals surface area contributed by atoms with Crippen LogP contribution in [-0.4, -0.2) is 22.1 Å². The number of rotatable bonds is 7. The van der Waals surface area contributed by atoms with E-state index >= 15 is 0 Å². The van der Waals surface area contributed by atoms with Crippen LogP contribution in [0.4, 0.5) is 10.1 Å². The molecule has 0 bridgehead atoms. The molecule has 0 aliphatic carbocycles. The van der Waals surface area contributed by atoms with Crippen LogP contribution in [0.3, 0.4) is 0 Å². The summed E-state index contributed by atoms with van der Waals surface area (Å²) in [4.78, 5) is 29.0. The number of anilines is 1. The quantitative estimate of drug-likeness (QED) is 0.648. The lowest BCUT2D eigenvalue weighted by Crippen LogP contribution is -2.28. The lowest BCUT2D eigenvalue weighted by atomic mass is 10.2. The molecule has 27 heavy (non-hydrogen) atoms. The zero-order chi connectivity index (χ0) is 19.2. The van der Waals surface area contributed by atoms with Crippen LogP contribution in [0.25, 0.3) is 10.9 Å². The first-order valence-corrected chi connectivity index (χ1v) is 8.75. The number of aromatic nitrogens is 2. The summed E-state index contributed by atoms with van der Waals surface area (Å²) in [7, 11) is 0. The van der Waals surface area contributed by atoms with Gasteiger partial charge in [-0.15, -0.1) is 0 Å². The minimum absolute atomic E-state index is 0.133. The third-order valence-electron chi connectivity index (χ3n) is 4.02. The minimum Gasteiger partial charge on any atom is -0.491 e. The van der Waals surface area contributed by atoms with Crippen LogP contribution in [0.15, 0.2) is 53.6 Å². The zero-order valence-corrected chi connectivity index (χ0v) is 14.9. The maximum Gasteiger partial charge on any atom is 0.261 e. The number of benzene rings is 2. The summed E-state index contributed by atoms with van der Waals surface area (Å²) in [5.41, 5.74) is 0.446. The molecule has 3 aromatic rings. The number of ether oxygens (including phenoxy) is 1. The Kier molecular flexibility index (Phi) is 5.80. The first kappa shape index (κ1) is 18.6. The molecule has 0 saturated carbocycles. The predicted octanol–water partition coefficient (Wildman–Crippen LogP) is 3.35. The van der Waals surface area contributed by atoms with Crippen LogP contribution < -0.4 is 15.6 Å². The molecule has 1 N–H and O–H groups in total. The monoisotopic (exact) mass is 369 g/mol. The molecule has 1 aromatic heterocycles. The number of unbranched alkanes of at least 4 members (excludes halogenated alkanes) is 1. The van der Waals surface area contributed by atoms with Gasteiger partial charge >= 0.3 is 0 Å². The number of hydrogen-bond acceptors (Lipinski definition) is 4. The molecule has 0 spiro atoms. The van der Waals surface area contributed by atoms with Crippen molar-refractivity contribution in [2.24, 2.45) is 0 Å². The molecule has 3 rings (SSSR count). The molecule has 0 fully saturated rings. The van der Waals surface area contributed by atoms with Gasteiger partial charge in [-0.05, 0) is 36.8 Å². The number of carbonyl (C=O) groups is 1. The number of carbonyl (C=O) groups excluding carboxylic acids is 1. The molecule has 7 heteroatoms. The van der Waals surface area contributed by atoms with E-state index in [2.05, 4.69) is 17.2 Å². The molecule has 0 aliphatic rings. The van der Waals surface area contributed by atoms with Crippen molar-refractivity contribution >= 4 is 22.5 Å². The van der Waals surface area contributed by atoms with Gasteiger partial charge in [0, 0.05) is 0 Å². The number of hydrogen-bond donors (Lipinski definition) is 1. The fraction of sp³-hybridized carbons (Fsp3) is 0.250. The number of fused-ring (bicyclic) bond motifs is 1.